The van der Waals surface area contributed by atoms with Gasteiger partial charge in [-0.2, -0.15) is 0 Å². The Hall–Kier alpha value is -0.700. The normalized spacial score (nSPS) is 9.90. The van der Waals surface area contributed by atoms with Crippen molar-refractivity contribution in [3.63, 3.8) is 0 Å². The summed E-state index contributed by atoms with van der Waals surface area (Å²) in [7, 11) is 0. The van der Waals surface area contributed by atoms with Gasteiger partial charge in [0.2, 0.25) is 0 Å². The highest BCUT2D eigenvalue weighted by atomic mass is 35.5. The zero-order valence-electron chi connectivity index (χ0n) is 5.43. The zero-order valence-corrected chi connectivity index (χ0v) is 6.19. The molecule has 1 aromatic heterocycles. The van der Waals surface area contributed by atoms with Gasteiger partial charge in [0, 0.05) is 5.56 Å². The quantitative estimate of drug-likeness (QED) is 0.587. The van der Waals surface area contributed by atoms with Crippen molar-refractivity contribution in [3.05, 3.63) is 22.7 Å². The molecular formula is C6H6ClFN2. The van der Waals surface area contributed by atoms with Crippen molar-refractivity contribution in [2.45, 2.75) is 13.6 Å². The van der Waals surface area contributed by atoms with Gasteiger partial charge in [-0.1, -0.05) is 11.6 Å². The van der Waals surface area contributed by atoms with Gasteiger partial charge in [0.15, 0.2) is 0 Å². The van der Waals surface area contributed by atoms with Crippen LogP contribution in [0.4, 0.5) is 4.39 Å². The molecule has 1 heterocycles. The first kappa shape index (κ1) is 7.41. The molecule has 0 amide bonds. The number of alkyl halides is 1. The first-order chi connectivity index (χ1) is 4.75. The van der Waals surface area contributed by atoms with E-state index in [1.165, 1.54) is 6.33 Å². The van der Waals surface area contributed by atoms with Crippen molar-refractivity contribution < 1.29 is 4.39 Å². The Bertz CT molecular complexity index is 239. The molecule has 0 aromatic carbocycles. The van der Waals surface area contributed by atoms with Gasteiger partial charge in [0.25, 0.3) is 0 Å². The van der Waals surface area contributed by atoms with E-state index in [0.717, 1.165) is 0 Å². The van der Waals surface area contributed by atoms with Gasteiger partial charge in [0.05, 0.1) is 5.69 Å². The largest absolute Gasteiger partial charge is 0.244 e. The van der Waals surface area contributed by atoms with Gasteiger partial charge in [0.1, 0.15) is 18.2 Å². The van der Waals surface area contributed by atoms with Gasteiger partial charge in [-0.25, -0.2) is 14.4 Å². The van der Waals surface area contributed by atoms with Gasteiger partial charge < -0.3 is 0 Å². The molecule has 54 valence electrons. The maximum absolute atomic E-state index is 12.0. The molecule has 1 aromatic rings. The molecule has 0 atom stereocenters. The zero-order chi connectivity index (χ0) is 7.56. The summed E-state index contributed by atoms with van der Waals surface area (Å²) >= 11 is 5.57. The highest BCUT2D eigenvalue weighted by molar-refractivity contribution is 6.30. The molecule has 0 saturated carbocycles. The number of halogens is 2. The van der Waals surface area contributed by atoms with E-state index < -0.39 is 6.67 Å². The maximum Gasteiger partial charge on any atom is 0.135 e. The van der Waals surface area contributed by atoms with Crippen LogP contribution in [0.15, 0.2) is 6.33 Å². The van der Waals surface area contributed by atoms with E-state index in [-0.39, 0.29) is 0 Å². The van der Waals surface area contributed by atoms with E-state index in [1.54, 1.807) is 6.92 Å². The fourth-order valence-electron chi connectivity index (χ4n) is 0.597. The van der Waals surface area contributed by atoms with Crippen LogP contribution in [0.25, 0.3) is 0 Å². The van der Waals surface area contributed by atoms with Crippen LogP contribution in [-0.2, 0) is 6.67 Å². The monoisotopic (exact) mass is 160 g/mol. The predicted octanol–water partition coefficient (Wildman–Crippen LogP) is 1.91. The van der Waals surface area contributed by atoms with Gasteiger partial charge in [-0.3, -0.25) is 0 Å². The second kappa shape index (κ2) is 2.92. The summed E-state index contributed by atoms with van der Waals surface area (Å²) < 4.78 is 12.0. The molecule has 0 spiro atoms. The van der Waals surface area contributed by atoms with Crippen molar-refractivity contribution in [2.75, 3.05) is 0 Å². The molecule has 4 heteroatoms. The number of nitrogens with zero attached hydrogens (tertiary/aromatic N) is 2. The van der Waals surface area contributed by atoms with Crippen LogP contribution in [-0.4, -0.2) is 9.97 Å². The summed E-state index contributed by atoms with van der Waals surface area (Å²) in [6.07, 6.45) is 1.25. The van der Waals surface area contributed by atoms with E-state index in [2.05, 4.69) is 9.97 Å². The smallest absolute Gasteiger partial charge is 0.135 e. The van der Waals surface area contributed by atoms with E-state index >= 15 is 0 Å². The highest BCUT2D eigenvalue weighted by Gasteiger charge is 2.02. The Morgan fingerprint density at radius 1 is 1.60 bits per heavy atom. The van der Waals surface area contributed by atoms with Crippen LogP contribution in [0, 0.1) is 6.92 Å². The van der Waals surface area contributed by atoms with E-state index in [1.807, 2.05) is 0 Å². The van der Waals surface area contributed by atoms with Gasteiger partial charge in [-0.05, 0) is 6.92 Å². The van der Waals surface area contributed by atoms with Crippen LogP contribution >= 0.6 is 11.6 Å². The second-order valence-electron chi connectivity index (χ2n) is 1.87. The Morgan fingerprint density at radius 2 is 2.30 bits per heavy atom. The fourth-order valence-corrected chi connectivity index (χ4v) is 0.749. The summed E-state index contributed by atoms with van der Waals surface area (Å²) in [6.45, 7) is 1.10. The molecule has 0 aliphatic heterocycles. The summed E-state index contributed by atoms with van der Waals surface area (Å²) in [5, 5.41) is 0.322. The average Bonchev–Trinajstić information content (AvgIpc) is 1.95. The van der Waals surface area contributed by atoms with Crippen molar-refractivity contribution in [2.24, 2.45) is 0 Å². The molecule has 10 heavy (non-hydrogen) atoms. The lowest BCUT2D eigenvalue weighted by Gasteiger charge is -1.98. The molecule has 0 bridgehead atoms. The lowest BCUT2D eigenvalue weighted by Crippen LogP contribution is -1.93. The lowest BCUT2D eigenvalue weighted by molar-refractivity contribution is 0.473. The van der Waals surface area contributed by atoms with Crippen LogP contribution < -0.4 is 0 Å². The first-order valence-corrected chi connectivity index (χ1v) is 3.15. The highest BCUT2D eigenvalue weighted by Crippen LogP contribution is 2.13. The maximum atomic E-state index is 12.0. The van der Waals surface area contributed by atoms with E-state index in [9.17, 15) is 4.39 Å². The molecule has 0 aliphatic rings. The Labute approximate surface area is 63.1 Å². The van der Waals surface area contributed by atoms with Crippen LogP contribution in [0.2, 0.25) is 5.15 Å². The molecule has 0 aliphatic carbocycles. The standard InChI is InChI=1S/C6H6ClFN2/c1-4-5(2-8)9-3-10-6(4)7/h3H,2H2,1H3. The number of aromatic nitrogens is 2. The van der Waals surface area contributed by atoms with Crippen molar-refractivity contribution >= 4 is 11.6 Å². The fraction of sp³-hybridized carbons (Fsp3) is 0.333. The summed E-state index contributed by atoms with van der Waals surface area (Å²) in [4.78, 5) is 7.36. The van der Waals surface area contributed by atoms with Crippen molar-refractivity contribution in [1.29, 1.82) is 0 Å². The van der Waals surface area contributed by atoms with Crippen LogP contribution in [0.1, 0.15) is 11.3 Å². The number of hydrogen-bond donors (Lipinski definition) is 0. The molecule has 0 saturated heterocycles. The summed E-state index contributed by atoms with van der Waals surface area (Å²) in [5.74, 6) is 0. The van der Waals surface area contributed by atoms with Crippen molar-refractivity contribution in [1.82, 2.24) is 9.97 Å². The third-order valence-electron chi connectivity index (χ3n) is 1.25. The van der Waals surface area contributed by atoms with Crippen LogP contribution in [0.3, 0.4) is 0 Å². The van der Waals surface area contributed by atoms with Crippen molar-refractivity contribution in [3.8, 4) is 0 Å². The minimum Gasteiger partial charge on any atom is -0.244 e. The third kappa shape index (κ3) is 1.24. The second-order valence-corrected chi connectivity index (χ2v) is 2.23. The number of rotatable bonds is 1. The third-order valence-corrected chi connectivity index (χ3v) is 1.63. The molecule has 0 unspecified atom stereocenters. The minimum absolute atomic E-state index is 0.322. The number of hydrogen-bond acceptors (Lipinski definition) is 2. The topological polar surface area (TPSA) is 25.8 Å². The lowest BCUT2D eigenvalue weighted by atomic mass is 10.3. The average molecular weight is 161 g/mol. The minimum atomic E-state index is -0.589. The SMILES string of the molecule is Cc1c(Cl)ncnc1CF. The Morgan fingerprint density at radius 3 is 2.80 bits per heavy atom. The van der Waals surface area contributed by atoms with Crippen LogP contribution in [0.5, 0.6) is 0 Å². The molecule has 0 N–H and O–H groups in total. The van der Waals surface area contributed by atoms with Gasteiger partial charge in [-0.15, -0.1) is 0 Å². The van der Waals surface area contributed by atoms with E-state index in [4.69, 9.17) is 11.6 Å². The molecular weight excluding hydrogens is 155 g/mol. The Kier molecular flexibility index (Phi) is 2.17. The molecule has 2 nitrogen and oxygen atoms in total. The molecule has 0 radical (unpaired) electrons. The summed E-state index contributed by atoms with van der Waals surface area (Å²) in [6, 6.07) is 0. The molecule has 0 fully saturated rings. The van der Waals surface area contributed by atoms with Gasteiger partial charge >= 0.3 is 0 Å². The predicted molar refractivity (Wildman–Crippen MR) is 36.6 cm³/mol. The first-order valence-electron chi connectivity index (χ1n) is 2.77. The molecule has 1 rings (SSSR count). The summed E-state index contributed by atoms with van der Waals surface area (Å²) in [5.41, 5.74) is 0.978. The van der Waals surface area contributed by atoms with E-state index in [0.29, 0.717) is 16.4 Å². The Balaban J connectivity index is 3.14.